The fourth-order valence-corrected chi connectivity index (χ4v) is 4.17. The van der Waals surface area contributed by atoms with Crippen LogP contribution in [0.3, 0.4) is 0 Å². The molecule has 2 aromatic carbocycles. The second-order valence-corrected chi connectivity index (χ2v) is 9.06. The largest absolute Gasteiger partial charge is 0.459 e. The molecule has 0 saturated heterocycles. The molecule has 0 aliphatic carbocycles. The number of aromatic nitrogens is 3. The van der Waals surface area contributed by atoms with Crippen molar-refractivity contribution in [3.05, 3.63) is 78.2 Å². The summed E-state index contributed by atoms with van der Waals surface area (Å²) in [6.07, 6.45) is 3.33. The molecular weight excluding hydrogens is 406 g/mol. The van der Waals surface area contributed by atoms with E-state index in [2.05, 4.69) is 41.5 Å². The highest BCUT2D eigenvalue weighted by Gasteiger charge is 2.21. The summed E-state index contributed by atoms with van der Waals surface area (Å²) in [4.78, 5) is 19.8. The lowest BCUT2D eigenvalue weighted by molar-refractivity contribution is 0.0374. The first-order valence-corrected chi connectivity index (χ1v) is 11.2. The van der Waals surface area contributed by atoms with Gasteiger partial charge in [0.15, 0.2) is 5.65 Å². The van der Waals surface area contributed by atoms with E-state index < -0.39 is 0 Å². The van der Waals surface area contributed by atoms with E-state index in [-0.39, 0.29) is 18.0 Å². The maximum absolute atomic E-state index is 12.6. The van der Waals surface area contributed by atoms with Crippen molar-refractivity contribution in [3.8, 4) is 11.1 Å². The van der Waals surface area contributed by atoms with Crippen molar-refractivity contribution >= 4 is 23.4 Å². The van der Waals surface area contributed by atoms with Crippen molar-refractivity contribution in [3.63, 3.8) is 0 Å². The zero-order valence-corrected chi connectivity index (χ0v) is 18.9. The van der Waals surface area contributed by atoms with Crippen LogP contribution in [0.4, 0.5) is 0 Å². The topological polar surface area (TPSA) is 56.5 Å². The Morgan fingerprint density at radius 1 is 0.968 bits per heavy atom. The van der Waals surface area contributed by atoms with E-state index in [0.29, 0.717) is 5.56 Å². The van der Waals surface area contributed by atoms with Gasteiger partial charge < -0.3 is 4.74 Å². The van der Waals surface area contributed by atoms with Gasteiger partial charge in [-0.15, -0.1) is 0 Å². The first-order valence-electron chi connectivity index (χ1n) is 10.3. The summed E-state index contributed by atoms with van der Waals surface area (Å²) in [5, 5.41) is 4.45. The molecule has 0 bridgehead atoms. The quantitative estimate of drug-likeness (QED) is 0.338. The summed E-state index contributed by atoms with van der Waals surface area (Å²) in [5.41, 5.74) is 3.87. The van der Waals surface area contributed by atoms with Gasteiger partial charge in [0, 0.05) is 21.6 Å². The maximum atomic E-state index is 12.6. The molecule has 0 aliphatic rings. The van der Waals surface area contributed by atoms with Crippen LogP contribution in [0.2, 0.25) is 0 Å². The zero-order chi connectivity index (χ0) is 22.0. The Bertz CT molecular complexity index is 1200. The molecule has 31 heavy (non-hydrogen) atoms. The van der Waals surface area contributed by atoms with Gasteiger partial charge in [0.25, 0.3) is 0 Å². The van der Waals surface area contributed by atoms with Crippen molar-refractivity contribution in [1.29, 1.82) is 0 Å². The van der Waals surface area contributed by atoms with Crippen LogP contribution in [0.15, 0.2) is 76.8 Å². The van der Waals surface area contributed by atoms with Crippen molar-refractivity contribution in [1.82, 2.24) is 14.6 Å². The monoisotopic (exact) mass is 431 g/mol. The third-order valence-electron chi connectivity index (χ3n) is 4.78. The van der Waals surface area contributed by atoms with Crippen LogP contribution in [0, 0.1) is 0 Å². The second kappa shape index (κ2) is 8.94. The number of hydrogen-bond acceptors (Lipinski definition) is 5. The lowest BCUT2D eigenvalue weighted by Crippen LogP contribution is -2.16. The molecule has 2 aromatic heterocycles. The number of fused-ring (bicyclic) bond motifs is 1. The molecule has 0 saturated carbocycles. The predicted octanol–water partition coefficient (Wildman–Crippen LogP) is 6.24. The first kappa shape index (κ1) is 21.1. The van der Waals surface area contributed by atoms with Crippen molar-refractivity contribution in [2.24, 2.45) is 0 Å². The van der Waals surface area contributed by atoms with Crippen LogP contribution < -0.4 is 0 Å². The fraction of sp³-hybridized carbons (Fsp3) is 0.240. The molecule has 0 spiro atoms. The minimum atomic E-state index is -0.368. The number of rotatable bonds is 6. The molecule has 0 fully saturated rings. The number of carbonyl (C=O) groups is 1. The summed E-state index contributed by atoms with van der Waals surface area (Å²) >= 11 is 1.73. The van der Waals surface area contributed by atoms with E-state index in [1.807, 2.05) is 45.9 Å². The SMILES string of the molecule is CC(C)OC(=O)c1cn2ncc(-c3ccc(Sc4ccccc4)cc3)c2nc1C(C)C. The Balaban J connectivity index is 1.68. The van der Waals surface area contributed by atoms with E-state index in [9.17, 15) is 4.79 Å². The van der Waals surface area contributed by atoms with Crippen LogP contribution in [0.25, 0.3) is 16.8 Å². The number of ether oxygens (including phenoxy) is 1. The molecule has 6 heteroatoms. The van der Waals surface area contributed by atoms with E-state index in [1.165, 1.54) is 9.79 Å². The van der Waals surface area contributed by atoms with E-state index in [4.69, 9.17) is 9.72 Å². The van der Waals surface area contributed by atoms with E-state index >= 15 is 0 Å². The van der Waals surface area contributed by atoms with Gasteiger partial charge in [-0.05, 0) is 49.6 Å². The number of carbonyl (C=O) groups excluding carboxylic acids is 1. The summed E-state index contributed by atoms with van der Waals surface area (Å²) < 4.78 is 7.06. The maximum Gasteiger partial charge on any atom is 0.341 e. The molecule has 158 valence electrons. The second-order valence-electron chi connectivity index (χ2n) is 7.91. The van der Waals surface area contributed by atoms with Crippen LogP contribution in [0.5, 0.6) is 0 Å². The highest BCUT2D eigenvalue weighted by molar-refractivity contribution is 7.99. The van der Waals surface area contributed by atoms with E-state index in [1.54, 1.807) is 28.7 Å². The number of hydrogen-bond donors (Lipinski definition) is 0. The van der Waals surface area contributed by atoms with Gasteiger partial charge in [0.2, 0.25) is 0 Å². The molecule has 0 unspecified atom stereocenters. The lowest BCUT2D eigenvalue weighted by Gasteiger charge is -2.14. The van der Waals surface area contributed by atoms with Crippen LogP contribution in [-0.2, 0) is 4.74 Å². The van der Waals surface area contributed by atoms with Gasteiger partial charge >= 0.3 is 5.97 Å². The highest BCUT2D eigenvalue weighted by Crippen LogP contribution is 2.31. The van der Waals surface area contributed by atoms with Crippen molar-refractivity contribution in [2.75, 3.05) is 0 Å². The summed E-state index contributed by atoms with van der Waals surface area (Å²) in [6, 6.07) is 18.7. The minimum absolute atomic E-state index is 0.0760. The Morgan fingerprint density at radius 3 is 2.29 bits per heavy atom. The van der Waals surface area contributed by atoms with Gasteiger partial charge in [-0.3, -0.25) is 0 Å². The van der Waals surface area contributed by atoms with Gasteiger partial charge in [-0.2, -0.15) is 5.10 Å². The van der Waals surface area contributed by atoms with Gasteiger partial charge in [-0.25, -0.2) is 14.3 Å². The summed E-state index contributed by atoms with van der Waals surface area (Å²) in [6.45, 7) is 7.72. The molecular formula is C25H25N3O2S. The Morgan fingerprint density at radius 2 is 1.65 bits per heavy atom. The Kier molecular flexibility index (Phi) is 6.09. The molecule has 2 heterocycles. The molecule has 0 amide bonds. The molecule has 0 aliphatic heterocycles. The van der Waals surface area contributed by atoms with Gasteiger partial charge in [0.1, 0.15) is 0 Å². The minimum Gasteiger partial charge on any atom is -0.459 e. The number of benzene rings is 2. The normalized spacial score (nSPS) is 11.4. The van der Waals surface area contributed by atoms with Gasteiger partial charge in [0.05, 0.1) is 23.6 Å². The number of esters is 1. The van der Waals surface area contributed by atoms with Crippen molar-refractivity contribution < 1.29 is 9.53 Å². The predicted molar refractivity (Wildman–Crippen MR) is 124 cm³/mol. The highest BCUT2D eigenvalue weighted by atomic mass is 32.2. The molecule has 4 aromatic rings. The van der Waals surface area contributed by atoms with Crippen LogP contribution in [-0.4, -0.2) is 26.7 Å². The van der Waals surface area contributed by atoms with Crippen LogP contribution in [0.1, 0.15) is 49.7 Å². The molecule has 0 N–H and O–H groups in total. The zero-order valence-electron chi connectivity index (χ0n) is 18.1. The average Bonchev–Trinajstić information content (AvgIpc) is 3.16. The third kappa shape index (κ3) is 4.64. The first-order chi connectivity index (χ1) is 14.9. The van der Waals surface area contributed by atoms with E-state index in [0.717, 1.165) is 22.5 Å². The Labute approximate surface area is 186 Å². The average molecular weight is 432 g/mol. The smallest absolute Gasteiger partial charge is 0.341 e. The van der Waals surface area contributed by atoms with Gasteiger partial charge in [-0.1, -0.05) is 55.9 Å². The molecule has 0 atom stereocenters. The molecule has 4 rings (SSSR count). The number of nitrogens with zero attached hydrogens (tertiary/aromatic N) is 3. The molecule has 0 radical (unpaired) electrons. The molecule has 5 nitrogen and oxygen atoms in total. The standard InChI is InChI=1S/C25H25N3O2S/c1-16(2)23-22(25(29)30-17(3)4)15-28-24(27-23)21(14-26-28)18-10-12-20(13-11-18)31-19-8-6-5-7-9-19/h5-17H,1-4H3. The summed E-state index contributed by atoms with van der Waals surface area (Å²) in [7, 11) is 0. The lowest BCUT2D eigenvalue weighted by atomic mass is 10.0. The van der Waals surface area contributed by atoms with Crippen molar-refractivity contribution in [2.45, 2.75) is 49.5 Å². The fourth-order valence-electron chi connectivity index (χ4n) is 3.33. The third-order valence-corrected chi connectivity index (χ3v) is 5.79. The summed E-state index contributed by atoms with van der Waals surface area (Å²) in [5.74, 6) is -0.292. The van der Waals surface area contributed by atoms with Crippen LogP contribution >= 0.6 is 11.8 Å². The Hall–Kier alpha value is -3.12.